The molecule has 0 bridgehead atoms. The summed E-state index contributed by atoms with van der Waals surface area (Å²) in [6.45, 7) is 4.18. The number of carbonyl (C=O) groups excluding carboxylic acids is 2. The molecule has 1 saturated heterocycles. The Morgan fingerprint density at radius 3 is 1.95 bits per heavy atom. The summed E-state index contributed by atoms with van der Waals surface area (Å²) < 4.78 is 17.5. The van der Waals surface area contributed by atoms with Gasteiger partial charge in [-0.3, -0.25) is 4.79 Å². The highest BCUT2D eigenvalue weighted by molar-refractivity contribution is 6.09. The van der Waals surface area contributed by atoms with E-state index in [1.54, 1.807) is 11.2 Å². The Labute approximate surface area is 223 Å². The van der Waals surface area contributed by atoms with Crippen LogP contribution >= 0.6 is 0 Å². The number of Topliss-reactive ketones (excluding diaryl/α,β-unsaturated/α-hetero) is 1. The van der Waals surface area contributed by atoms with Crippen LogP contribution in [0.5, 0.6) is 0 Å². The van der Waals surface area contributed by atoms with Crippen molar-refractivity contribution in [3.05, 3.63) is 109 Å². The highest BCUT2D eigenvalue weighted by Gasteiger charge is 2.52. The predicted molar refractivity (Wildman–Crippen MR) is 145 cm³/mol. The van der Waals surface area contributed by atoms with Crippen molar-refractivity contribution in [2.75, 3.05) is 11.7 Å². The van der Waals surface area contributed by atoms with Gasteiger partial charge in [-0.25, -0.2) is 4.79 Å². The largest absolute Gasteiger partial charge is 0.462 e. The number of cyclic esters (lactones) is 1. The second-order valence-corrected chi connectivity index (χ2v) is 10.3. The van der Waals surface area contributed by atoms with Gasteiger partial charge in [-0.05, 0) is 48.6 Å². The fraction of sp³-hybridized carbons (Fsp3) is 0.312. The molecule has 3 atom stereocenters. The Hall–Kier alpha value is -4.06. The monoisotopic (exact) mass is 511 g/mol. The Morgan fingerprint density at radius 1 is 0.868 bits per heavy atom. The molecule has 6 nitrogen and oxygen atoms in total. The molecule has 38 heavy (non-hydrogen) atoms. The van der Waals surface area contributed by atoms with Crippen molar-refractivity contribution in [2.24, 2.45) is 11.8 Å². The molecule has 196 valence electrons. The van der Waals surface area contributed by atoms with Crippen molar-refractivity contribution in [2.45, 2.75) is 44.8 Å². The topological polar surface area (TPSA) is 65.1 Å². The molecule has 0 aliphatic carbocycles. The SMILES string of the molecule is CC(C)C1(CC(Cc2ccccc2)C2=COCO2)CC(=O)C(N(c2ccccc2)c2ccccc2)C(=O)O1. The van der Waals surface area contributed by atoms with E-state index in [0.29, 0.717) is 12.8 Å². The summed E-state index contributed by atoms with van der Waals surface area (Å²) in [6.07, 6.45) is 2.90. The normalized spacial score (nSPS) is 21.8. The molecule has 0 saturated carbocycles. The van der Waals surface area contributed by atoms with E-state index in [2.05, 4.69) is 12.1 Å². The molecule has 6 heteroatoms. The number of benzene rings is 3. The summed E-state index contributed by atoms with van der Waals surface area (Å²) in [4.78, 5) is 29.6. The molecule has 0 amide bonds. The Morgan fingerprint density at radius 2 is 1.45 bits per heavy atom. The fourth-order valence-electron chi connectivity index (χ4n) is 5.42. The minimum absolute atomic E-state index is 0.0838. The van der Waals surface area contributed by atoms with E-state index in [-0.39, 0.29) is 30.8 Å². The molecular weight excluding hydrogens is 478 g/mol. The number of hydrogen-bond donors (Lipinski definition) is 0. The van der Waals surface area contributed by atoms with Gasteiger partial charge in [0, 0.05) is 23.7 Å². The van der Waals surface area contributed by atoms with E-state index >= 15 is 0 Å². The van der Waals surface area contributed by atoms with Gasteiger partial charge < -0.3 is 19.1 Å². The third-order valence-corrected chi connectivity index (χ3v) is 7.50. The maximum absolute atomic E-state index is 14.0. The Balaban J connectivity index is 1.46. The number of ketones is 1. The van der Waals surface area contributed by atoms with Crippen molar-refractivity contribution < 1.29 is 23.8 Å². The second kappa shape index (κ2) is 11.1. The Bertz CT molecular complexity index is 1220. The smallest absolute Gasteiger partial charge is 0.337 e. The second-order valence-electron chi connectivity index (χ2n) is 10.3. The van der Waals surface area contributed by atoms with E-state index in [4.69, 9.17) is 14.2 Å². The van der Waals surface area contributed by atoms with Crippen LogP contribution in [0.4, 0.5) is 11.4 Å². The van der Waals surface area contributed by atoms with E-state index in [1.807, 2.05) is 92.7 Å². The molecule has 2 aliphatic rings. The van der Waals surface area contributed by atoms with Crippen LogP contribution in [-0.2, 0) is 30.2 Å². The minimum atomic E-state index is -1.07. The lowest BCUT2D eigenvalue weighted by molar-refractivity contribution is -0.181. The van der Waals surface area contributed by atoms with Crippen molar-refractivity contribution in [3.63, 3.8) is 0 Å². The van der Waals surface area contributed by atoms with Crippen LogP contribution in [-0.4, -0.2) is 30.2 Å². The molecule has 2 aliphatic heterocycles. The molecule has 3 unspecified atom stereocenters. The summed E-state index contributed by atoms with van der Waals surface area (Å²) >= 11 is 0. The first-order valence-corrected chi connectivity index (χ1v) is 13.1. The number of ether oxygens (including phenoxy) is 3. The maximum Gasteiger partial charge on any atom is 0.337 e. The third-order valence-electron chi connectivity index (χ3n) is 7.50. The standard InChI is InChI=1S/C32H33NO5/c1-23(2)32(19-25(29-21-36-22-37-29)18-24-12-6-3-7-13-24)20-28(34)30(31(35)38-32)33(26-14-8-4-9-15-26)27-16-10-5-11-17-27/h3-17,21,23,25,30H,18-20,22H2,1-2H3. The number of carbonyl (C=O) groups is 2. The van der Waals surface area contributed by atoms with Crippen LogP contribution in [0, 0.1) is 11.8 Å². The van der Waals surface area contributed by atoms with Gasteiger partial charge in [-0.2, -0.15) is 0 Å². The first-order chi connectivity index (χ1) is 18.5. The summed E-state index contributed by atoms with van der Waals surface area (Å²) in [5, 5.41) is 0. The fourth-order valence-corrected chi connectivity index (χ4v) is 5.42. The summed E-state index contributed by atoms with van der Waals surface area (Å²) in [7, 11) is 0. The maximum atomic E-state index is 14.0. The number of rotatable bonds is 9. The summed E-state index contributed by atoms with van der Waals surface area (Å²) in [5.74, 6) is -0.162. The van der Waals surface area contributed by atoms with Crippen molar-refractivity contribution in [3.8, 4) is 0 Å². The van der Waals surface area contributed by atoms with Crippen molar-refractivity contribution in [1.82, 2.24) is 0 Å². The van der Waals surface area contributed by atoms with Gasteiger partial charge in [0.05, 0.1) is 0 Å². The van der Waals surface area contributed by atoms with Crippen LogP contribution in [0.3, 0.4) is 0 Å². The summed E-state index contributed by atoms with van der Waals surface area (Å²) in [6, 6.07) is 28.1. The summed E-state index contributed by atoms with van der Waals surface area (Å²) in [5.41, 5.74) is 1.69. The third kappa shape index (κ3) is 5.30. The van der Waals surface area contributed by atoms with E-state index in [0.717, 1.165) is 22.7 Å². The molecule has 0 spiro atoms. The van der Waals surface area contributed by atoms with Crippen LogP contribution in [0.2, 0.25) is 0 Å². The molecule has 1 fully saturated rings. The lowest BCUT2D eigenvalue weighted by Crippen LogP contribution is -2.58. The number of allylic oxidation sites excluding steroid dienone is 1. The lowest BCUT2D eigenvalue weighted by Gasteiger charge is -2.45. The first-order valence-electron chi connectivity index (χ1n) is 13.1. The van der Waals surface area contributed by atoms with Crippen LogP contribution in [0.15, 0.2) is 103 Å². The van der Waals surface area contributed by atoms with Gasteiger partial charge in [0.25, 0.3) is 0 Å². The van der Waals surface area contributed by atoms with Crippen LogP contribution in [0.25, 0.3) is 0 Å². The number of hydrogen-bond acceptors (Lipinski definition) is 6. The van der Waals surface area contributed by atoms with Gasteiger partial charge in [-0.1, -0.05) is 80.6 Å². The zero-order chi connectivity index (χ0) is 26.5. The molecule has 5 rings (SSSR count). The average Bonchev–Trinajstić information content (AvgIpc) is 3.47. The molecule has 0 radical (unpaired) electrons. The van der Waals surface area contributed by atoms with Gasteiger partial charge >= 0.3 is 5.97 Å². The van der Waals surface area contributed by atoms with Crippen molar-refractivity contribution >= 4 is 23.1 Å². The van der Waals surface area contributed by atoms with E-state index in [9.17, 15) is 9.59 Å². The number of para-hydroxylation sites is 2. The quantitative estimate of drug-likeness (QED) is 0.252. The number of anilines is 2. The van der Waals surface area contributed by atoms with Crippen LogP contribution in [0.1, 0.15) is 32.3 Å². The number of esters is 1. The first kappa shape index (κ1) is 25.6. The van der Waals surface area contributed by atoms with E-state index in [1.165, 1.54) is 0 Å². The molecule has 3 aromatic rings. The molecule has 3 aromatic carbocycles. The highest BCUT2D eigenvalue weighted by Crippen LogP contribution is 2.42. The predicted octanol–water partition coefficient (Wildman–Crippen LogP) is 6.20. The molecule has 0 N–H and O–H groups in total. The Kier molecular flexibility index (Phi) is 7.50. The molecule has 0 aromatic heterocycles. The van der Waals surface area contributed by atoms with E-state index < -0.39 is 17.6 Å². The molecule has 2 heterocycles. The van der Waals surface area contributed by atoms with Gasteiger partial charge in [0.1, 0.15) is 17.6 Å². The lowest BCUT2D eigenvalue weighted by atomic mass is 9.74. The average molecular weight is 512 g/mol. The zero-order valence-corrected chi connectivity index (χ0v) is 21.8. The van der Waals surface area contributed by atoms with Crippen molar-refractivity contribution in [1.29, 1.82) is 0 Å². The van der Waals surface area contributed by atoms with Gasteiger partial charge in [-0.15, -0.1) is 0 Å². The van der Waals surface area contributed by atoms with Crippen LogP contribution < -0.4 is 4.90 Å². The number of nitrogens with zero attached hydrogens (tertiary/aromatic N) is 1. The molecular formula is C32H33NO5. The highest BCUT2D eigenvalue weighted by atomic mass is 16.7. The van der Waals surface area contributed by atoms with Gasteiger partial charge in [0.2, 0.25) is 6.79 Å². The zero-order valence-electron chi connectivity index (χ0n) is 21.8. The van der Waals surface area contributed by atoms with Gasteiger partial charge in [0.15, 0.2) is 11.8 Å². The minimum Gasteiger partial charge on any atom is -0.462 e.